The van der Waals surface area contributed by atoms with Crippen molar-refractivity contribution < 1.29 is 38.1 Å². The highest BCUT2D eigenvalue weighted by atomic mass is 32.2. The van der Waals surface area contributed by atoms with Crippen LogP contribution in [0.1, 0.15) is 33.4 Å². The van der Waals surface area contributed by atoms with Crippen LogP contribution in [0, 0.1) is 0 Å². The number of hydrogen-bond donors (Lipinski definition) is 5. The van der Waals surface area contributed by atoms with Gasteiger partial charge in [-0.3, -0.25) is 23.7 Å². The number of aromatic nitrogens is 4. The monoisotopic (exact) mass is 676 g/mol. The summed E-state index contributed by atoms with van der Waals surface area (Å²) in [4.78, 5) is 35.9. The van der Waals surface area contributed by atoms with E-state index in [1.54, 1.807) is 38.1 Å². The molecule has 0 spiro atoms. The Morgan fingerprint density at radius 1 is 1.28 bits per heavy atom. The molecule has 0 radical (unpaired) electrons. The third kappa shape index (κ3) is 7.08. The Labute approximate surface area is 268 Å². The number of benzene rings is 2. The largest absolute Gasteiger partial charge is 0.462 e. The van der Waals surface area contributed by atoms with Crippen LogP contribution in [-0.4, -0.2) is 84.3 Å². The zero-order valence-corrected chi connectivity index (χ0v) is 27.4. The van der Waals surface area contributed by atoms with Crippen molar-refractivity contribution in [3.8, 4) is 5.75 Å². The topological polar surface area (TPSA) is 213 Å². The number of thioether (sulfide) groups is 1. The van der Waals surface area contributed by atoms with Gasteiger partial charge in [-0.25, -0.2) is 9.55 Å². The van der Waals surface area contributed by atoms with E-state index in [0.29, 0.717) is 11.1 Å². The van der Waals surface area contributed by atoms with Crippen LogP contribution in [0.2, 0.25) is 0 Å². The van der Waals surface area contributed by atoms with Crippen LogP contribution in [0.15, 0.2) is 53.6 Å². The highest BCUT2D eigenvalue weighted by Gasteiger charge is 2.54. The molecular formula is C29H37N6O9PS. The molecule has 0 saturated carbocycles. The van der Waals surface area contributed by atoms with E-state index in [1.807, 2.05) is 24.5 Å². The van der Waals surface area contributed by atoms with Crippen molar-refractivity contribution in [3.05, 3.63) is 59.1 Å². The number of aliphatic hydroxyl groups excluding tert-OH is 1. The second kappa shape index (κ2) is 13.7. The van der Waals surface area contributed by atoms with E-state index < -0.39 is 62.1 Å². The molecule has 4 aromatic rings. The van der Waals surface area contributed by atoms with Crippen LogP contribution in [0.3, 0.4) is 0 Å². The number of rotatable bonds is 13. The third-order valence-electron chi connectivity index (χ3n) is 7.40. The van der Waals surface area contributed by atoms with Gasteiger partial charge in [0.05, 0.1) is 19.0 Å². The molecule has 17 heteroatoms. The van der Waals surface area contributed by atoms with Gasteiger partial charge in [0.15, 0.2) is 17.4 Å². The lowest BCUT2D eigenvalue weighted by Crippen LogP contribution is -2.44. The first kappa shape index (κ1) is 33.9. The first-order valence-corrected chi connectivity index (χ1v) is 17.4. The number of carbonyl (C=O) groups is 1. The van der Waals surface area contributed by atoms with E-state index in [4.69, 9.17) is 24.3 Å². The fourth-order valence-corrected chi connectivity index (χ4v) is 7.16. The van der Waals surface area contributed by atoms with Gasteiger partial charge in [-0.15, -0.1) is 0 Å². The first-order valence-electron chi connectivity index (χ1n) is 14.5. The normalized spacial score (nSPS) is 23.5. The van der Waals surface area contributed by atoms with Crippen molar-refractivity contribution in [2.75, 3.05) is 24.3 Å². The fourth-order valence-electron chi connectivity index (χ4n) is 5.13. The van der Waals surface area contributed by atoms with Crippen LogP contribution in [-0.2, 0) is 23.4 Å². The SMILES string of the molecule is CSCC[C@H](NP(=O)(OC[C@H]1O[C@@H](n2cnc3c(=O)[nH]c(N)nc32)[C@](C)(O)[C@@H]1O)Oc1cccc2ccccc12)C(=O)OC(C)C. The van der Waals surface area contributed by atoms with Gasteiger partial charge >= 0.3 is 13.7 Å². The molecule has 6 N–H and O–H groups in total. The van der Waals surface area contributed by atoms with Gasteiger partial charge in [-0.1, -0.05) is 36.4 Å². The Balaban J connectivity index is 1.44. The Bertz CT molecular complexity index is 1810. The van der Waals surface area contributed by atoms with Crippen molar-refractivity contribution in [3.63, 3.8) is 0 Å². The van der Waals surface area contributed by atoms with Gasteiger partial charge in [0.1, 0.15) is 29.6 Å². The van der Waals surface area contributed by atoms with Crippen molar-refractivity contribution in [1.82, 2.24) is 24.6 Å². The predicted molar refractivity (Wildman–Crippen MR) is 172 cm³/mol. The average molecular weight is 677 g/mol. The molecule has 46 heavy (non-hydrogen) atoms. The number of aliphatic hydroxyl groups is 2. The molecular weight excluding hydrogens is 639 g/mol. The molecule has 0 aliphatic carbocycles. The molecule has 15 nitrogen and oxygen atoms in total. The summed E-state index contributed by atoms with van der Waals surface area (Å²) in [5.74, 6) is -0.0505. The minimum absolute atomic E-state index is 0.0206. The number of H-pyrrole nitrogens is 1. The third-order valence-corrected chi connectivity index (χ3v) is 9.59. The second-order valence-corrected chi connectivity index (χ2v) is 14.0. The Morgan fingerprint density at radius 2 is 2.02 bits per heavy atom. The number of fused-ring (bicyclic) bond motifs is 2. The lowest BCUT2D eigenvalue weighted by atomic mass is 9.96. The summed E-state index contributed by atoms with van der Waals surface area (Å²) in [5, 5.41) is 26.7. The minimum Gasteiger partial charge on any atom is -0.462 e. The molecule has 3 heterocycles. The van der Waals surface area contributed by atoms with E-state index in [-0.39, 0.29) is 29.3 Å². The van der Waals surface area contributed by atoms with E-state index in [2.05, 4.69) is 20.0 Å². The number of aromatic amines is 1. The lowest BCUT2D eigenvalue weighted by molar-refractivity contribution is -0.149. The molecule has 1 unspecified atom stereocenters. The van der Waals surface area contributed by atoms with E-state index >= 15 is 0 Å². The van der Waals surface area contributed by atoms with Crippen LogP contribution < -0.4 is 20.9 Å². The second-order valence-electron chi connectivity index (χ2n) is 11.3. The summed E-state index contributed by atoms with van der Waals surface area (Å²) in [7, 11) is -4.42. The number of nitrogens with two attached hydrogens (primary N) is 1. The number of hydrogen-bond acceptors (Lipinski definition) is 13. The molecule has 5 rings (SSSR count). The highest BCUT2D eigenvalue weighted by Crippen LogP contribution is 2.49. The summed E-state index contributed by atoms with van der Waals surface area (Å²) in [6, 6.07) is 11.5. The standard InChI is InChI=1S/C29H37N6O9PS/c1-16(2)42-26(38)19(12-13-46-4)34-45(40,44-20-11-7-9-17-8-5-6-10-18(17)20)41-14-21-23(36)29(3,39)27(43-21)35-15-31-22-24(35)32-28(30)33-25(22)37/h5-11,15-16,19,21,23,27,36,39H,12-14H2,1-4H3,(H,34,40)(H3,30,32,33,37)/t19-,21+,23+,27+,29+,45?/m0/s1. The van der Waals surface area contributed by atoms with Gasteiger partial charge in [0.2, 0.25) is 5.95 Å². The summed E-state index contributed by atoms with van der Waals surface area (Å²) in [6.45, 7) is 4.20. The number of ether oxygens (including phenoxy) is 2. The van der Waals surface area contributed by atoms with Crippen molar-refractivity contribution in [2.45, 2.75) is 63.4 Å². The van der Waals surface area contributed by atoms with Gasteiger partial charge < -0.3 is 29.9 Å². The molecule has 1 saturated heterocycles. The lowest BCUT2D eigenvalue weighted by Gasteiger charge is -2.28. The Morgan fingerprint density at radius 3 is 2.76 bits per heavy atom. The van der Waals surface area contributed by atoms with Crippen LogP contribution in [0.25, 0.3) is 21.9 Å². The summed E-state index contributed by atoms with van der Waals surface area (Å²) < 4.78 is 39.2. The zero-order chi connectivity index (χ0) is 33.2. The van der Waals surface area contributed by atoms with E-state index in [1.165, 1.54) is 29.6 Å². The molecule has 6 atom stereocenters. The maximum atomic E-state index is 14.5. The smallest absolute Gasteiger partial charge is 0.459 e. The molecule has 2 aromatic heterocycles. The molecule has 1 aliphatic rings. The number of nitrogens with zero attached hydrogens (tertiary/aromatic N) is 3. The molecule has 0 amide bonds. The Hall–Kier alpha value is -3.50. The van der Waals surface area contributed by atoms with Crippen LogP contribution in [0.4, 0.5) is 5.95 Å². The predicted octanol–water partition coefficient (Wildman–Crippen LogP) is 2.73. The maximum absolute atomic E-state index is 14.5. The van der Waals surface area contributed by atoms with Gasteiger partial charge in [0, 0.05) is 5.39 Å². The van der Waals surface area contributed by atoms with E-state index in [0.717, 1.165) is 5.39 Å². The highest BCUT2D eigenvalue weighted by molar-refractivity contribution is 7.98. The number of nitrogen functional groups attached to an aromatic ring is 1. The summed E-state index contributed by atoms with van der Waals surface area (Å²) >= 11 is 1.49. The minimum atomic E-state index is -4.42. The quantitative estimate of drug-likeness (QED) is 0.102. The molecule has 248 valence electrons. The van der Waals surface area contributed by atoms with Crippen LogP contribution >= 0.6 is 19.5 Å². The summed E-state index contributed by atoms with van der Waals surface area (Å²) in [5.41, 5.74) is 3.15. The van der Waals surface area contributed by atoms with Gasteiger partial charge in [-0.2, -0.15) is 21.8 Å². The van der Waals surface area contributed by atoms with Crippen molar-refractivity contribution in [2.24, 2.45) is 0 Å². The number of carbonyl (C=O) groups excluding carboxylic acids is 1. The molecule has 1 fully saturated rings. The fraction of sp³-hybridized carbons (Fsp3) is 0.448. The first-order chi connectivity index (χ1) is 21.8. The number of esters is 1. The van der Waals surface area contributed by atoms with Crippen molar-refractivity contribution >= 4 is 53.4 Å². The van der Waals surface area contributed by atoms with Crippen LogP contribution in [0.5, 0.6) is 5.75 Å². The number of anilines is 1. The Kier molecular flexibility index (Phi) is 10.1. The zero-order valence-electron chi connectivity index (χ0n) is 25.7. The molecule has 2 aromatic carbocycles. The van der Waals surface area contributed by atoms with E-state index in [9.17, 15) is 24.4 Å². The molecule has 1 aliphatic heterocycles. The maximum Gasteiger partial charge on any atom is 0.459 e. The van der Waals surface area contributed by atoms with Gasteiger partial charge in [0.25, 0.3) is 5.56 Å². The summed E-state index contributed by atoms with van der Waals surface area (Å²) in [6.07, 6.45) is -1.19. The number of nitrogens with one attached hydrogen (secondary N) is 2. The van der Waals surface area contributed by atoms with Crippen molar-refractivity contribution in [1.29, 1.82) is 0 Å². The van der Waals surface area contributed by atoms with Gasteiger partial charge in [-0.05, 0) is 50.7 Å². The average Bonchev–Trinajstić information content (AvgIpc) is 3.51. The number of imidazole rings is 1. The molecule has 0 bridgehead atoms.